The van der Waals surface area contributed by atoms with E-state index in [1.54, 1.807) is 11.3 Å². The monoisotopic (exact) mass is 439 g/mol. The molecule has 4 atom stereocenters. The highest BCUT2D eigenvalue weighted by Crippen LogP contribution is 2.61. The maximum absolute atomic E-state index is 13.3. The van der Waals surface area contributed by atoms with Crippen LogP contribution in [0.1, 0.15) is 68.3 Å². The molecule has 1 unspecified atom stereocenters. The largest absolute Gasteiger partial charge is 0.481 e. The Morgan fingerprint density at radius 1 is 1.26 bits per heavy atom. The fourth-order valence-electron chi connectivity index (χ4n) is 5.68. The molecule has 1 heterocycles. The third-order valence-electron chi connectivity index (χ3n) is 7.71. The first-order valence-corrected chi connectivity index (χ1v) is 12.3. The van der Waals surface area contributed by atoms with Crippen molar-refractivity contribution in [1.82, 2.24) is 5.32 Å². The number of amides is 1. The van der Waals surface area contributed by atoms with E-state index in [4.69, 9.17) is 5.11 Å². The van der Waals surface area contributed by atoms with Crippen molar-refractivity contribution in [1.29, 1.82) is 0 Å². The quantitative estimate of drug-likeness (QED) is 0.381. The number of hydrogen-bond acceptors (Lipinski definition) is 3. The number of carbonyl (C=O) groups excluding carboxylic acids is 1. The molecule has 5 rings (SSSR count). The standard InChI is InChI=1S/C26H33NO3S/c1-16-10-11-22-19(12-16)20(15-31-22)25(30)27-24-17(8-6-4-5-7-9-23(28)29)13-18-14-21(24)26(18,2)3/h4,6,10-12,15,17-18,21,24H,5,7-9,13-14H2,1-3H3,(H,27,30)(H,28,29)/t17-,18-,21-,24?/m0/s1. The lowest BCUT2D eigenvalue weighted by molar-refractivity contribution is -0.137. The van der Waals surface area contributed by atoms with Gasteiger partial charge in [0.25, 0.3) is 5.91 Å². The van der Waals surface area contributed by atoms with Gasteiger partial charge < -0.3 is 10.4 Å². The van der Waals surface area contributed by atoms with Crippen LogP contribution in [0.2, 0.25) is 0 Å². The van der Waals surface area contributed by atoms with Crippen molar-refractivity contribution in [3.05, 3.63) is 46.9 Å². The molecule has 1 aromatic carbocycles. The van der Waals surface area contributed by atoms with Crippen LogP contribution in [0.3, 0.4) is 0 Å². The maximum atomic E-state index is 13.3. The predicted molar refractivity (Wildman–Crippen MR) is 127 cm³/mol. The molecule has 1 amide bonds. The summed E-state index contributed by atoms with van der Waals surface area (Å²) in [5.41, 5.74) is 2.25. The molecule has 2 N–H and O–H groups in total. The minimum Gasteiger partial charge on any atom is -0.481 e. The summed E-state index contributed by atoms with van der Waals surface area (Å²) in [5.74, 6) is 1.02. The van der Waals surface area contributed by atoms with Gasteiger partial charge in [-0.2, -0.15) is 0 Å². The van der Waals surface area contributed by atoms with E-state index >= 15 is 0 Å². The third-order valence-corrected chi connectivity index (χ3v) is 8.68. The van der Waals surface area contributed by atoms with Crippen LogP contribution >= 0.6 is 11.3 Å². The van der Waals surface area contributed by atoms with Crippen LogP contribution in [0.25, 0.3) is 10.1 Å². The lowest BCUT2D eigenvalue weighted by Gasteiger charge is -2.62. The number of carboxylic acid groups (broad SMARTS) is 1. The number of rotatable bonds is 8. The number of thiophene rings is 1. The molecule has 31 heavy (non-hydrogen) atoms. The summed E-state index contributed by atoms with van der Waals surface area (Å²) < 4.78 is 1.16. The van der Waals surface area contributed by atoms with Gasteiger partial charge in [-0.25, -0.2) is 0 Å². The van der Waals surface area contributed by atoms with E-state index in [-0.39, 0.29) is 23.8 Å². The number of benzene rings is 1. The zero-order valence-corrected chi connectivity index (χ0v) is 19.5. The van der Waals surface area contributed by atoms with Crippen LogP contribution in [0.15, 0.2) is 35.7 Å². The molecule has 2 aromatic rings. The van der Waals surface area contributed by atoms with Gasteiger partial charge in [-0.15, -0.1) is 11.3 Å². The molecule has 4 nitrogen and oxygen atoms in total. The van der Waals surface area contributed by atoms with Crippen molar-refractivity contribution < 1.29 is 14.7 Å². The highest BCUT2D eigenvalue weighted by atomic mass is 32.1. The Morgan fingerprint density at radius 3 is 2.81 bits per heavy atom. The first kappa shape index (κ1) is 22.1. The summed E-state index contributed by atoms with van der Waals surface area (Å²) in [6.07, 6.45) is 9.32. The molecule has 3 aliphatic rings. The van der Waals surface area contributed by atoms with Crippen molar-refractivity contribution in [3.63, 3.8) is 0 Å². The van der Waals surface area contributed by atoms with Crippen molar-refractivity contribution in [2.45, 2.75) is 65.3 Å². The summed E-state index contributed by atoms with van der Waals surface area (Å²) >= 11 is 1.63. The Hall–Kier alpha value is -2.14. The van der Waals surface area contributed by atoms with Gasteiger partial charge in [0.1, 0.15) is 0 Å². The lowest BCUT2D eigenvalue weighted by Crippen LogP contribution is -2.63. The lowest BCUT2D eigenvalue weighted by atomic mass is 9.44. The molecule has 1 aromatic heterocycles. The number of carbonyl (C=O) groups is 2. The Morgan fingerprint density at radius 2 is 2.06 bits per heavy atom. The van der Waals surface area contributed by atoms with Crippen molar-refractivity contribution in [3.8, 4) is 0 Å². The van der Waals surface area contributed by atoms with Crippen LogP contribution in [0.5, 0.6) is 0 Å². The fourth-order valence-corrected chi connectivity index (χ4v) is 6.60. The Kier molecular flexibility index (Phi) is 6.25. The summed E-state index contributed by atoms with van der Waals surface area (Å²) in [7, 11) is 0. The number of nitrogens with one attached hydrogen (secondary N) is 1. The van der Waals surface area contributed by atoms with E-state index in [0.717, 1.165) is 40.8 Å². The SMILES string of the molecule is Cc1ccc2scc(C(=O)NC3[C@@H](CC=CCCCC(=O)O)C[C@H]4C[C@@H]3C4(C)C)c2c1. The second kappa shape index (κ2) is 8.78. The molecule has 166 valence electrons. The van der Waals surface area contributed by atoms with Crippen molar-refractivity contribution in [2.24, 2.45) is 23.2 Å². The fraction of sp³-hybridized carbons (Fsp3) is 0.538. The van der Waals surface area contributed by atoms with Crippen molar-refractivity contribution in [2.75, 3.05) is 0 Å². The number of aliphatic carboxylic acids is 1. The average Bonchev–Trinajstić information content (AvgIpc) is 3.13. The molecular formula is C26H33NO3S. The summed E-state index contributed by atoms with van der Waals surface area (Å²) in [6.45, 7) is 6.77. The Labute approximate surface area is 188 Å². The minimum absolute atomic E-state index is 0.0541. The third kappa shape index (κ3) is 4.43. The van der Waals surface area contributed by atoms with E-state index < -0.39 is 5.97 Å². The van der Waals surface area contributed by atoms with Crippen molar-refractivity contribution >= 4 is 33.3 Å². The maximum Gasteiger partial charge on any atom is 0.303 e. The molecule has 3 saturated carbocycles. The first-order chi connectivity index (χ1) is 14.8. The van der Waals surface area contributed by atoms with Gasteiger partial charge >= 0.3 is 5.97 Å². The van der Waals surface area contributed by atoms with Gasteiger partial charge in [-0.1, -0.05) is 37.6 Å². The highest BCUT2D eigenvalue weighted by Gasteiger charge is 2.57. The second-order valence-electron chi connectivity index (χ2n) is 10.00. The number of hydrogen-bond donors (Lipinski definition) is 2. The predicted octanol–water partition coefficient (Wildman–Crippen LogP) is 6.19. The zero-order chi connectivity index (χ0) is 22.2. The second-order valence-corrected chi connectivity index (χ2v) is 10.9. The van der Waals surface area contributed by atoms with Crippen LogP contribution in [0, 0.1) is 30.1 Å². The zero-order valence-electron chi connectivity index (χ0n) is 18.7. The Bertz CT molecular complexity index is 1010. The average molecular weight is 440 g/mol. The number of carboxylic acids is 1. The highest BCUT2D eigenvalue weighted by molar-refractivity contribution is 7.17. The molecule has 0 radical (unpaired) electrons. The molecule has 0 aliphatic heterocycles. The number of unbranched alkanes of at least 4 members (excludes halogenated alkanes) is 1. The molecule has 0 spiro atoms. The van der Waals surface area contributed by atoms with Gasteiger partial charge in [0, 0.05) is 27.9 Å². The summed E-state index contributed by atoms with van der Waals surface area (Å²) in [5, 5.41) is 15.3. The van der Waals surface area contributed by atoms with Crippen LogP contribution in [-0.2, 0) is 4.79 Å². The van der Waals surface area contributed by atoms with E-state index in [1.807, 2.05) is 5.38 Å². The summed E-state index contributed by atoms with van der Waals surface area (Å²) in [4.78, 5) is 24.0. The normalized spacial score (nSPS) is 26.7. The van der Waals surface area contributed by atoms with Gasteiger partial charge in [0.2, 0.25) is 0 Å². The van der Waals surface area contributed by atoms with Gasteiger partial charge in [0.05, 0.1) is 5.56 Å². The molecule has 3 aliphatic carbocycles. The van der Waals surface area contributed by atoms with Crippen LogP contribution < -0.4 is 5.32 Å². The smallest absolute Gasteiger partial charge is 0.303 e. The van der Waals surface area contributed by atoms with E-state index in [1.165, 1.54) is 12.0 Å². The van der Waals surface area contributed by atoms with E-state index in [2.05, 4.69) is 56.4 Å². The van der Waals surface area contributed by atoms with Gasteiger partial charge in [0.15, 0.2) is 0 Å². The minimum atomic E-state index is -0.734. The molecule has 3 fully saturated rings. The van der Waals surface area contributed by atoms with Gasteiger partial charge in [-0.05, 0) is 74.3 Å². The molecular weight excluding hydrogens is 406 g/mol. The van der Waals surface area contributed by atoms with Crippen LogP contribution in [0.4, 0.5) is 0 Å². The molecule has 0 saturated heterocycles. The van der Waals surface area contributed by atoms with E-state index in [0.29, 0.717) is 18.3 Å². The van der Waals surface area contributed by atoms with Gasteiger partial charge in [-0.3, -0.25) is 9.59 Å². The van der Waals surface area contributed by atoms with E-state index in [9.17, 15) is 9.59 Å². The number of aryl methyl sites for hydroxylation is 1. The molecule has 2 bridgehead atoms. The number of allylic oxidation sites excluding steroid dienone is 2. The number of fused-ring (bicyclic) bond motifs is 3. The van der Waals surface area contributed by atoms with Crippen LogP contribution in [-0.4, -0.2) is 23.0 Å². The topological polar surface area (TPSA) is 66.4 Å². The first-order valence-electron chi connectivity index (χ1n) is 11.4. The molecule has 5 heteroatoms. The summed E-state index contributed by atoms with van der Waals surface area (Å²) in [6, 6.07) is 6.50. The Balaban J connectivity index is 1.46.